The molecule has 0 spiro atoms. The van der Waals surface area contributed by atoms with E-state index in [1.807, 2.05) is 0 Å². The molecule has 106 valence electrons. The second kappa shape index (κ2) is 5.21. The van der Waals surface area contributed by atoms with Crippen LogP contribution in [0.25, 0.3) is 17.1 Å². The summed E-state index contributed by atoms with van der Waals surface area (Å²) in [6.07, 6.45) is 0. The Morgan fingerprint density at radius 2 is 1.90 bits per heavy atom. The number of nitrogens with zero attached hydrogens (tertiary/aromatic N) is 4. The average Bonchev–Trinajstić information content (AvgIpc) is 2.93. The van der Waals surface area contributed by atoms with E-state index >= 15 is 0 Å². The van der Waals surface area contributed by atoms with E-state index in [2.05, 4.69) is 31.5 Å². The van der Waals surface area contributed by atoms with Crippen LogP contribution in [0.5, 0.6) is 0 Å². The van der Waals surface area contributed by atoms with Crippen LogP contribution >= 0.6 is 15.9 Å². The highest BCUT2D eigenvalue weighted by molar-refractivity contribution is 9.10. The summed E-state index contributed by atoms with van der Waals surface area (Å²) in [7, 11) is 0. The molecule has 0 aliphatic rings. The summed E-state index contributed by atoms with van der Waals surface area (Å²) in [5.41, 5.74) is 7.06. The lowest BCUT2D eigenvalue weighted by atomic mass is 10.1. The van der Waals surface area contributed by atoms with Gasteiger partial charge in [0.15, 0.2) is 5.82 Å². The van der Waals surface area contributed by atoms with Crippen LogP contribution < -0.4 is 5.73 Å². The van der Waals surface area contributed by atoms with Crippen molar-refractivity contribution in [3.63, 3.8) is 0 Å². The van der Waals surface area contributed by atoms with Crippen molar-refractivity contribution < 1.29 is 8.78 Å². The molecule has 2 N–H and O–H groups in total. The number of aromatic nitrogens is 4. The van der Waals surface area contributed by atoms with E-state index in [0.29, 0.717) is 16.9 Å². The van der Waals surface area contributed by atoms with Crippen LogP contribution in [0.3, 0.4) is 0 Å². The van der Waals surface area contributed by atoms with Gasteiger partial charge in [0, 0.05) is 11.3 Å². The Kier molecular flexibility index (Phi) is 3.38. The summed E-state index contributed by atoms with van der Waals surface area (Å²) in [6, 6.07) is 8.24. The van der Waals surface area contributed by atoms with Gasteiger partial charge in [0.25, 0.3) is 0 Å². The number of hydrogen-bond donors (Lipinski definition) is 1. The van der Waals surface area contributed by atoms with Crippen LogP contribution in [0.2, 0.25) is 0 Å². The summed E-state index contributed by atoms with van der Waals surface area (Å²) < 4.78 is 28.3. The third-order valence-corrected chi connectivity index (χ3v) is 3.48. The molecule has 1 aromatic heterocycles. The Balaban J connectivity index is 2.17. The van der Waals surface area contributed by atoms with Gasteiger partial charge in [-0.05, 0) is 62.8 Å². The highest BCUT2D eigenvalue weighted by Gasteiger charge is 2.15. The zero-order chi connectivity index (χ0) is 15.0. The van der Waals surface area contributed by atoms with Gasteiger partial charge in [0.2, 0.25) is 0 Å². The molecule has 0 saturated carbocycles. The highest BCUT2D eigenvalue weighted by atomic mass is 79.9. The first-order valence-electron chi connectivity index (χ1n) is 5.85. The van der Waals surface area contributed by atoms with Crippen molar-refractivity contribution in [3.8, 4) is 17.1 Å². The minimum Gasteiger partial charge on any atom is -0.398 e. The highest BCUT2D eigenvalue weighted by Crippen LogP contribution is 2.27. The molecule has 0 aliphatic carbocycles. The van der Waals surface area contributed by atoms with Crippen LogP contribution in [0, 0.1) is 11.6 Å². The quantitative estimate of drug-likeness (QED) is 0.720. The van der Waals surface area contributed by atoms with Gasteiger partial charge in [-0.1, -0.05) is 0 Å². The van der Waals surface area contributed by atoms with E-state index in [4.69, 9.17) is 5.73 Å². The molecule has 8 heteroatoms. The normalized spacial score (nSPS) is 10.8. The Morgan fingerprint density at radius 1 is 1.10 bits per heavy atom. The molecule has 0 fully saturated rings. The van der Waals surface area contributed by atoms with Crippen molar-refractivity contribution in [3.05, 3.63) is 52.5 Å². The molecule has 0 aliphatic heterocycles. The molecule has 0 bridgehead atoms. The van der Waals surface area contributed by atoms with E-state index < -0.39 is 11.6 Å². The topological polar surface area (TPSA) is 69.6 Å². The first-order chi connectivity index (χ1) is 10.1. The van der Waals surface area contributed by atoms with Crippen molar-refractivity contribution in [2.45, 2.75) is 0 Å². The predicted octanol–water partition coefficient (Wildman–Crippen LogP) is 2.95. The maximum atomic E-state index is 13.4. The van der Waals surface area contributed by atoms with Gasteiger partial charge in [-0.3, -0.25) is 0 Å². The number of halogens is 3. The molecule has 3 aromatic rings. The zero-order valence-electron chi connectivity index (χ0n) is 10.5. The SMILES string of the molecule is Nc1ccc(F)cc1-c1nnnn1-c1ccc(F)c(Br)c1. The number of rotatable bonds is 2. The smallest absolute Gasteiger partial charge is 0.189 e. The molecule has 21 heavy (non-hydrogen) atoms. The van der Waals surface area contributed by atoms with Crippen molar-refractivity contribution in [2.24, 2.45) is 0 Å². The molecule has 1 heterocycles. The van der Waals surface area contributed by atoms with Crippen LogP contribution in [-0.4, -0.2) is 20.2 Å². The first kappa shape index (κ1) is 13.6. The van der Waals surface area contributed by atoms with Crippen molar-refractivity contribution in [1.29, 1.82) is 0 Å². The maximum Gasteiger partial charge on any atom is 0.189 e. The Morgan fingerprint density at radius 3 is 2.67 bits per heavy atom. The van der Waals surface area contributed by atoms with E-state index in [0.717, 1.165) is 0 Å². The van der Waals surface area contributed by atoms with Crippen molar-refractivity contribution >= 4 is 21.6 Å². The van der Waals surface area contributed by atoms with Crippen LogP contribution in [0.4, 0.5) is 14.5 Å². The molecular formula is C13H8BrF2N5. The summed E-state index contributed by atoms with van der Waals surface area (Å²) in [5.74, 6) is -0.585. The van der Waals surface area contributed by atoms with Crippen LogP contribution in [0.1, 0.15) is 0 Å². The summed E-state index contributed by atoms with van der Waals surface area (Å²) in [4.78, 5) is 0. The van der Waals surface area contributed by atoms with Gasteiger partial charge in [0.05, 0.1) is 10.2 Å². The monoisotopic (exact) mass is 351 g/mol. The molecule has 2 aromatic carbocycles. The minimum atomic E-state index is -0.450. The third kappa shape index (κ3) is 2.49. The lowest BCUT2D eigenvalue weighted by Crippen LogP contribution is -2.02. The number of hydrogen-bond acceptors (Lipinski definition) is 4. The van der Waals surface area contributed by atoms with E-state index in [9.17, 15) is 8.78 Å². The van der Waals surface area contributed by atoms with Crippen molar-refractivity contribution in [1.82, 2.24) is 20.2 Å². The van der Waals surface area contributed by atoms with Gasteiger partial charge in [-0.15, -0.1) is 5.10 Å². The number of tetrazole rings is 1. The molecule has 0 unspecified atom stereocenters. The van der Waals surface area contributed by atoms with Gasteiger partial charge in [-0.2, -0.15) is 4.68 Å². The lowest BCUT2D eigenvalue weighted by molar-refractivity contribution is 0.620. The van der Waals surface area contributed by atoms with Gasteiger partial charge >= 0.3 is 0 Å². The maximum absolute atomic E-state index is 13.4. The van der Waals surface area contributed by atoms with Crippen LogP contribution in [-0.2, 0) is 0 Å². The molecule has 0 amide bonds. The summed E-state index contributed by atoms with van der Waals surface area (Å²) in [6.45, 7) is 0. The van der Waals surface area contributed by atoms with E-state index in [1.54, 1.807) is 0 Å². The number of benzene rings is 2. The fraction of sp³-hybridized carbons (Fsp3) is 0. The molecule has 3 rings (SSSR count). The third-order valence-electron chi connectivity index (χ3n) is 2.87. The van der Waals surface area contributed by atoms with E-state index in [1.165, 1.54) is 41.1 Å². The predicted molar refractivity (Wildman–Crippen MR) is 76.6 cm³/mol. The number of anilines is 1. The van der Waals surface area contributed by atoms with E-state index in [-0.39, 0.29) is 10.3 Å². The molecule has 0 radical (unpaired) electrons. The summed E-state index contributed by atoms with van der Waals surface area (Å²) in [5, 5.41) is 11.3. The first-order valence-corrected chi connectivity index (χ1v) is 6.65. The van der Waals surface area contributed by atoms with Crippen LogP contribution in [0.15, 0.2) is 40.9 Å². The molecular weight excluding hydrogens is 344 g/mol. The Hall–Kier alpha value is -2.35. The molecule has 0 atom stereocenters. The second-order valence-electron chi connectivity index (χ2n) is 4.24. The second-order valence-corrected chi connectivity index (χ2v) is 5.10. The zero-order valence-corrected chi connectivity index (χ0v) is 12.1. The standard InChI is InChI=1S/C13H8BrF2N5/c14-10-6-8(2-3-11(10)16)21-13(18-19-20-21)9-5-7(15)1-4-12(9)17/h1-6H,17H2. The van der Waals surface area contributed by atoms with Gasteiger partial charge in [0.1, 0.15) is 11.6 Å². The molecule has 5 nitrogen and oxygen atoms in total. The molecule has 0 saturated heterocycles. The fourth-order valence-electron chi connectivity index (χ4n) is 1.87. The number of nitrogens with two attached hydrogens (primary N) is 1. The Labute approximate surface area is 126 Å². The van der Waals surface area contributed by atoms with Crippen molar-refractivity contribution in [2.75, 3.05) is 5.73 Å². The van der Waals surface area contributed by atoms with Gasteiger partial charge in [-0.25, -0.2) is 8.78 Å². The largest absolute Gasteiger partial charge is 0.398 e. The summed E-state index contributed by atoms with van der Waals surface area (Å²) >= 11 is 3.10. The number of nitrogen functional groups attached to an aromatic ring is 1. The Bertz CT molecular complexity index is 818. The average molecular weight is 352 g/mol. The minimum absolute atomic E-state index is 0.269. The van der Waals surface area contributed by atoms with Gasteiger partial charge < -0.3 is 5.73 Å². The fourth-order valence-corrected chi connectivity index (χ4v) is 2.23. The lowest BCUT2D eigenvalue weighted by Gasteiger charge is -2.07.